The van der Waals surface area contributed by atoms with Crippen LogP contribution in [0.25, 0.3) is 15.9 Å². The maximum atomic E-state index is 13.5. The van der Waals surface area contributed by atoms with Gasteiger partial charge in [0.2, 0.25) is 0 Å². The van der Waals surface area contributed by atoms with Crippen LogP contribution in [0.5, 0.6) is 5.75 Å². The molecule has 1 atom stereocenters. The molecule has 3 heterocycles. The summed E-state index contributed by atoms with van der Waals surface area (Å²) in [6.45, 7) is 4.96. The van der Waals surface area contributed by atoms with Gasteiger partial charge in [-0.05, 0) is 43.9 Å². The summed E-state index contributed by atoms with van der Waals surface area (Å²) in [5.41, 5.74) is 1.81. The number of nitrogens with zero attached hydrogens (tertiary/aromatic N) is 2. The molecule has 7 heteroatoms. The molecule has 1 aliphatic heterocycles. The van der Waals surface area contributed by atoms with Crippen LogP contribution < -0.4 is 10.3 Å². The number of hydrogen-bond donors (Lipinski definition) is 0. The zero-order valence-electron chi connectivity index (χ0n) is 16.4. The first-order valence-corrected chi connectivity index (χ1v) is 11.4. The summed E-state index contributed by atoms with van der Waals surface area (Å²) in [7, 11) is 1.63. The van der Waals surface area contributed by atoms with Gasteiger partial charge in [-0.25, -0.2) is 4.98 Å². The summed E-state index contributed by atoms with van der Waals surface area (Å²) >= 11 is 3.23. The Hall–Kier alpha value is -1.83. The SMILES string of the molecule is CCc1sc2nc(SC[C@@H]3CCCO3)n(-c3cccc(OC)c3)c(=O)c2c1C. The van der Waals surface area contributed by atoms with Crippen molar-refractivity contribution in [2.75, 3.05) is 19.5 Å². The van der Waals surface area contributed by atoms with Crippen LogP contribution in [0.15, 0.2) is 34.2 Å². The zero-order valence-corrected chi connectivity index (χ0v) is 18.0. The Bertz CT molecular complexity index is 1050. The number of hydrogen-bond acceptors (Lipinski definition) is 6. The molecule has 1 fully saturated rings. The van der Waals surface area contributed by atoms with E-state index < -0.39 is 0 Å². The molecule has 0 saturated carbocycles. The first-order chi connectivity index (χ1) is 13.6. The lowest BCUT2D eigenvalue weighted by Gasteiger charge is -2.14. The molecule has 4 rings (SSSR count). The van der Waals surface area contributed by atoms with Crippen molar-refractivity contribution in [3.8, 4) is 11.4 Å². The van der Waals surface area contributed by atoms with Crippen molar-refractivity contribution in [1.82, 2.24) is 9.55 Å². The van der Waals surface area contributed by atoms with E-state index in [1.807, 2.05) is 31.2 Å². The minimum Gasteiger partial charge on any atom is -0.497 e. The third-order valence-electron chi connectivity index (χ3n) is 5.09. The molecule has 0 amide bonds. The van der Waals surface area contributed by atoms with E-state index in [1.165, 1.54) is 4.88 Å². The van der Waals surface area contributed by atoms with Gasteiger partial charge in [-0.2, -0.15) is 0 Å². The van der Waals surface area contributed by atoms with Crippen LogP contribution in [0, 0.1) is 6.92 Å². The summed E-state index contributed by atoms with van der Waals surface area (Å²) < 4.78 is 12.9. The van der Waals surface area contributed by atoms with Crippen molar-refractivity contribution in [3.63, 3.8) is 0 Å². The van der Waals surface area contributed by atoms with E-state index in [4.69, 9.17) is 14.5 Å². The minimum absolute atomic E-state index is 0.0125. The second-order valence-electron chi connectivity index (χ2n) is 6.87. The van der Waals surface area contributed by atoms with Crippen molar-refractivity contribution < 1.29 is 9.47 Å². The van der Waals surface area contributed by atoms with Crippen LogP contribution in [-0.4, -0.2) is 35.1 Å². The number of aromatic nitrogens is 2. The van der Waals surface area contributed by atoms with Gasteiger partial charge >= 0.3 is 0 Å². The predicted molar refractivity (Wildman–Crippen MR) is 116 cm³/mol. The Kier molecular flexibility index (Phi) is 5.75. The number of ether oxygens (including phenoxy) is 2. The average molecular weight is 417 g/mol. The van der Waals surface area contributed by atoms with E-state index in [0.29, 0.717) is 5.16 Å². The molecule has 1 aliphatic rings. The molecule has 0 bridgehead atoms. The molecule has 0 unspecified atom stereocenters. The van der Waals surface area contributed by atoms with E-state index in [0.717, 1.165) is 58.8 Å². The lowest BCUT2D eigenvalue weighted by Crippen LogP contribution is -2.22. The van der Waals surface area contributed by atoms with E-state index in [9.17, 15) is 4.79 Å². The molecule has 148 valence electrons. The number of thioether (sulfide) groups is 1. The molecule has 3 aromatic rings. The second-order valence-corrected chi connectivity index (χ2v) is 8.94. The molecule has 1 aromatic carbocycles. The molecule has 0 radical (unpaired) electrons. The number of rotatable bonds is 6. The van der Waals surface area contributed by atoms with Crippen LogP contribution in [-0.2, 0) is 11.2 Å². The highest BCUT2D eigenvalue weighted by Gasteiger charge is 2.21. The molecular weight excluding hydrogens is 392 g/mol. The third kappa shape index (κ3) is 3.58. The quantitative estimate of drug-likeness (QED) is 0.434. The third-order valence-corrected chi connectivity index (χ3v) is 7.49. The van der Waals surface area contributed by atoms with E-state index in [1.54, 1.807) is 34.8 Å². The minimum atomic E-state index is -0.0125. The first kappa shape index (κ1) is 19.5. The van der Waals surface area contributed by atoms with Gasteiger partial charge < -0.3 is 9.47 Å². The number of methoxy groups -OCH3 is 1. The normalized spacial score (nSPS) is 16.8. The number of aryl methyl sites for hydroxylation is 2. The maximum absolute atomic E-state index is 13.5. The van der Waals surface area contributed by atoms with Crippen molar-refractivity contribution in [3.05, 3.63) is 45.1 Å². The van der Waals surface area contributed by atoms with Crippen LogP contribution >= 0.6 is 23.1 Å². The highest BCUT2D eigenvalue weighted by molar-refractivity contribution is 7.99. The van der Waals surface area contributed by atoms with Crippen LogP contribution in [0.2, 0.25) is 0 Å². The number of fused-ring (bicyclic) bond motifs is 1. The highest BCUT2D eigenvalue weighted by Crippen LogP contribution is 2.32. The van der Waals surface area contributed by atoms with Gasteiger partial charge in [-0.3, -0.25) is 9.36 Å². The lowest BCUT2D eigenvalue weighted by molar-refractivity contribution is 0.129. The van der Waals surface area contributed by atoms with Gasteiger partial charge in [0.05, 0.1) is 24.3 Å². The lowest BCUT2D eigenvalue weighted by atomic mass is 10.2. The van der Waals surface area contributed by atoms with E-state index in [-0.39, 0.29) is 11.7 Å². The van der Waals surface area contributed by atoms with Crippen molar-refractivity contribution in [1.29, 1.82) is 0 Å². The number of thiophene rings is 1. The van der Waals surface area contributed by atoms with E-state index in [2.05, 4.69) is 6.92 Å². The van der Waals surface area contributed by atoms with Gasteiger partial charge in [-0.15, -0.1) is 11.3 Å². The maximum Gasteiger partial charge on any atom is 0.267 e. The van der Waals surface area contributed by atoms with Crippen LogP contribution in [0.4, 0.5) is 0 Å². The smallest absolute Gasteiger partial charge is 0.267 e. The largest absolute Gasteiger partial charge is 0.497 e. The monoisotopic (exact) mass is 416 g/mol. The number of benzene rings is 1. The molecule has 1 saturated heterocycles. The second kappa shape index (κ2) is 8.27. The summed E-state index contributed by atoms with van der Waals surface area (Å²) in [4.78, 5) is 20.5. The fourth-order valence-electron chi connectivity index (χ4n) is 3.56. The predicted octanol–water partition coefficient (Wildman–Crippen LogP) is 4.60. The summed E-state index contributed by atoms with van der Waals surface area (Å²) in [5, 5.41) is 1.44. The van der Waals surface area contributed by atoms with Crippen LogP contribution in [0.3, 0.4) is 0 Å². The molecule has 0 N–H and O–H groups in total. The van der Waals surface area contributed by atoms with Crippen molar-refractivity contribution in [2.24, 2.45) is 0 Å². The van der Waals surface area contributed by atoms with Crippen molar-refractivity contribution in [2.45, 2.75) is 44.4 Å². The Morgan fingerprint density at radius 1 is 1.43 bits per heavy atom. The standard InChI is InChI=1S/C21H24N2O3S2/c1-4-17-13(2)18-19(28-17)22-21(27-12-16-9-6-10-26-16)23(20(18)24)14-7-5-8-15(11-14)25-3/h5,7-8,11,16H,4,6,9-10,12H2,1-3H3/t16-/m0/s1. The Morgan fingerprint density at radius 3 is 3.00 bits per heavy atom. The van der Waals surface area contributed by atoms with Crippen LogP contribution in [0.1, 0.15) is 30.2 Å². The van der Waals surface area contributed by atoms with Gasteiger partial charge in [0.15, 0.2) is 5.16 Å². The Balaban J connectivity index is 1.87. The van der Waals surface area contributed by atoms with E-state index >= 15 is 0 Å². The van der Waals surface area contributed by atoms with Gasteiger partial charge in [0.25, 0.3) is 5.56 Å². The first-order valence-electron chi connectivity index (χ1n) is 9.56. The molecule has 28 heavy (non-hydrogen) atoms. The molecule has 0 spiro atoms. The fraction of sp³-hybridized carbons (Fsp3) is 0.429. The summed E-state index contributed by atoms with van der Waals surface area (Å²) in [6.07, 6.45) is 3.30. The Morgan fingerprint density at radius 2 is 2.29 bits per heavy atom. The highest BCUT2D eigenvalue weighted by atomic mass is 32.2. The summed E-state index contributed by atoms with van der Waals surface area (Å²) in [6, 6.07) is 7.59. The van der Waals surface area contributed by atoms with Crippen molar-refractivity contribution >= 4 is 33.3 Å². The molecule has 0 aliphatic carbocycles. The molecule has 5 nitrogen and oxygen atoms in total. The fourth-order valence-corrected chi connectivity index (χ4v) is 5.80. The Labute approximate surface area is 172 Å². The molecule has 2 aromatic heterocycles. The van der Waals surface area contributed by atoms with Gasteiger partial charge in [0.1, 0.15) is 10.6 Å². The topological polar surface area (TPSA) is 53.4 Å². The molecular formula is C21H24N2O3S2. The van der Waals surface area contributed by atoms with Gasteiger partial charge in [-0.1, -0.05) is 24.8 Å². The zero-order chi connectivity index (χ0) is 19.7. The van der Waals surface area contributed by atoms with Gasteiger partial charge in [0, 0.05) is 23.3 Å². The summed E-state index contributed by atoms with van der Waals surface area (Å²) in [5.74, 6) is 1.52. The average Bonchev–Trinajstić information content (AvgIpc) is 3.34.